The second-order valence-corrected chi connectivity index (χ2v) is 14.3. The molecular weight excluding hydrogens is 566 g/mol. The minimum Gasteiger partial charge on any atom is -0.425 e. The molecule has 2 saturated heterocycles. The summed E-state index contributed by atoms with van der Waals surface area (Å²) in [4.78, 5) is 30.7. The van der Waals surface area contributed by atoms with Crippen LogP contribution in [0.25, 0.3) is 0 Å². The van der Waals surface area contributed by atoms with Crippen molar-refractivity contribution in [2.45, 2.75) is 77.2 Å². The number of halogens is 2. The number of rotatable bonds is 8. The van der Waals surface area contributed by atoms with Gasteiger partial charge in [-0.2, -0.15) is 5.10 Å². The molecule has 1 spiro atoms. The number of alkyl halides is 2. The number of carbonyl (C=O) groups is 2. The number of nitrogens with zero attached hydrogens (tertiary/aromatic N) is 6. The van der Waals surface area contributed by atoms with Gasteiger partial charge in [-0.1, -0.05) is 44.2 Å². The summed E-state index contributed by atoms with van der Waals surface area (Å²) in [7, 11) is 0. The van der Waals surface area contributed by atoms with Crippen LogP contribution in [0.4, 0.5) is 8.78 Å². The van der Waals surface area contributed by atoms with Crippen molar-refractivity contribution in [3.8, 4) is 0 Å². The number of benzene rings is 1. The first-order valence-corrected chi connectivity index (χ1v) is 15.8. The zero-order valence-electron chi connectivity index (χ0n) is 25.4. The minimum atomic E-state index is -2.54. The van der Waals surface area contributed by atoms with Gasteiger partial charge < -0.3 is 14.2 Å². The molecule has 3 aromatic rings. The number of hydrogen-bond donors (Lipinski definition) is 0. The van der Waals surface area contributed by atoms with Crippen LogP contribution in [0.3, 0.4) is 0 Å². The van der Waals surface area contributed by atoms with Crippen LogP contribution in [0.15, 0.2) is 47.1 Å². The lowest BCUT2D eigenvalue weighted by Crippen LogP contribution is -2.62. The molecule has 11 heteroatoms. The molecule has 1 unspecified atom stereocenters. The van der Waals surface area contributed by atoms with Gasteiger partial charge in [-0.25, -0.2) is 8.78 Å². The van der Waals surface area contributed by atoms with Crippen molar-refractivity contribution >= 4 is 11.8 Å². The van der Waals surface area contributed by atoms with E-state index in [1.165, 1.54) is 0 Å². The van der Waals surface area contributed by atoms with Gasteiger partial charge in [0, 0.05) is 63.0 Å². The average Bonchev–Trinajstić information content (AvgIpc) is 3.44. The smallest absolute Gasteiger partial charge is 0.257 e. The molecule has 2 aliphatic heterocycles. The first kappa shape index (κ1) is 29.1. The van der Waals surface area contributed by atoms with Gasteiger partial charge in [-0.3, -0.25) is 14.3 Å². The molecular formula is C33H40F2N6O3. The number of carbonyl (C=O) groups excluding carboxylic acids is 2. The maximum atomic E-state index is 13.7. The zero-order valence-corrected chi connectivity index (χ0v) is 25.4. The summed E-state index contributed by atoms with van der Waals surface area (Å²) in [5.74, 6) is -1.36. The molecule has 0 bridgehead atoms. The molecule has 4 fully saturated rings. The molecule has 1 aromatic carbocycles. The Labute approximate surface area is 256 Å². The molecule has 2 atom stereocenters. The van der Waals surface area contributed by atoms with E-state index in [-0.39, 0.29) is 53.2 Å². The lowest BCUT2D eigenvalue weighted by atomic mass is 9.71. The third-order valence-corrected chi connectivity index (χ3v) is 10.5. The van der Waals surface area contributed by atoms with Crippen LogP contribution >= 0.6 is 0 Å². The van der Waals surface area contributed by atoms with Crippen molar-refractivity contribution in [2.24, 2.45) is 22.7 Å². The average molecular weight is 607 g/mol. The maximum absolute atomic E-state index is 13.7. The Balaban J connectivity index is 1.05. The Morgan fingerprint density at radius 3 is 2.43 bits per heavy atom. The fraction of sp³-hybridized carbons (Fsp3) is 0.606. The van der Waals surface area contributed by atoms with Crippen LogP contribution in [0, 0.1) is 22.7 Å². The second-order valence-electron chi connectivity index (χ2n) is 14.3. The predicted octanol–water partition coefficient (Wildman–Crippen LogP) is 5.19. The first-order chi connectivity index (χ1) is 21.0. The summed E-state index contributed by atoms with van der Waals surface area (Å²) < 4.78 is 35.1. The van der Waals surface area contributed by atoms with Crippen molar-refractivity contribution in [2.75, 3.05) is 26.2 Å². The summed E-state index contributed by atoms with van der Waals surface area (Å²) in [5, 5.41) is 13.2. The number of likely N-dealkylation sites (tertiary alicyclic amines) is 2. The third-order valence-electron chi connectivity index (χ3n) is 10.5. The van der Waals surface area contributed by atoms with Gasteiger partial charge in [0.05, 0.1) is 24.2 Å². The van der Waals surface area contributed by atoms with E-state index in [0.29, 0.717) is 69.3 Å². The number of aryl methyl sites for hydroxylation is 1. The normalized spacial score (nSPS) is 25.3. The van der Waals surface area contributed by atoms with Gasteiger partial charge in [0.15, 0.2) is 0 Å². The van der Waals surface area contributed by atoms with Gasteiger partial charge in [0.1, 0.15) is 0 Å². The molecule has 0 N–H and O–H groups in total. The maximum Gasteiger partial charge on any atom is 0.257 e. The fourth-order valence-corrected chi connectivity index (χ4v) is 7.50. The van der Waals surface area contributed by atoms with Crippen LogP contribution in [-0.2, 0) is 17.8 Å². The highest BCUT2D eigenvalue weighted by Gasteiger charge is 2.61. The summed E-state index contributed by atoms with van der Waals surface area (Å²) >= 11 is 0. The van der Waals surface area contributed by atoms with Gasteiger partial charge in [-0.05, 0) is 42.6 Å². The van der Waals surface area contributed by atoms with Gasteiger partial charge >= 0.3 is 0 Å². The first-order valence-electron chi connectivity index (χ1n) is 15.8. The quantitative estimate of drug-likeness (QED) is 0.350. The molecule has 4 aliphatic rings. The van der Waals surface area contributed by atoms with E-state index < -0.39 is 5.92 Å². The summed E-state index contributed by atoms with van der Waals surface area (Å²) in [6.07, 6.45) is 6.51. The molecule has 2 aromatic heterocycles. The van der Waals surface area contributed by atoms with Crippen molar-refractivity contribution in [1.29, 1.82) is 0 Å². The Morgan fingerprint density at radius 2 is 1.73 bits per heavy atom. The molecule has 2 amide bonds. The Morgan fingerprint density at radius 1 is 1.02 bits per heavy atom. The highest BCUT2D eigenvalue weighted by Crippen LogP contribution is 2.55. The minimum absolute atomic E-state index is 0.0481. The standard InChI is InChI=1S/C33H40F2N6O3/c1-31(2)14-25(31)30(43)40-20-32(21-40)19-39(29(42)24-15-36-41(17-24)16-23-6-4-3-5-7-23)18-26(32)28-38-37-27(44-28)9-8-22-10-12-33(34,35)13-11-22/h3-7,15,17,22,25-26H,8-14,16,18-21H2,1-2H3/t25-,26?/m1/s1. The molecule has 44 heavy (non-hydrogen) atoms. The van der Waals surface area contributed by atoms with E-state index in [2.05, 4.69) is 29.1 Å². The molecule has 9 nitrogen and oxygen atoms in total. The molecule has 2 aliphatic carbocycles. The summed E-state index contributed by atoms with van der Waals surface area (Å²) in [5.41, 5.74) is 1.31. The Bertz CT molecular complexity index is 1520. The van der Waals surface area contributed by atoms with E-state index >= 15 is 0 Å². The molecule has 2 saturated carbocycles. The highest BCUT2D eigenvalue weighted by molar-refractivity contribution is 5.94. The monoisotopic (exact) mass is 606 g/mol. The van der Waals surface area contributed by atoms with Crippen LogP contribution in [-0.4, -0.2) is 73.7 Å². The van der Waals surface area contributed by atoms with E-state index in [1.807, 2.05) is 40.1 Å². The number of aromatic nitrogens is 4. The second kappa shape index (κ2) is 10.8. The third kappa shape index (κ3) is 5.65. The molecule has 0 radical (unpaired) electrons. The van der Waals surface area contributed by atoms with Gasteiger partial charge in [0.2, 0.25) is 23.6 Å². The molecule has 7 rings (SSSR count). The predicted molar refractivity (Wildman–Crippen MR) is 157 cm³/mol. The van der Waals surface area contributed by atoms with E-state index in [9.17, 15) is 18.4 Å². The Kier molecular flexibility index (Phi) is 7.12. The van der Waals surface area contributed by atoms with E-state index in [1.54, 1.807) is 17.1 Å². The molecule has 234 valence electrons. The van der Waals surface area contributed by atoms with E-state index in [4.69, 9.17) is 4.42 Å². The van der Waals surface area contributed by atoms with Gasteiger partial charge in [-0.15, -0.1) is 10.2 Å². The lowest BCUT2D eigenvalue weighted by molar-refractivity contribution is -0.146. The zero-order chi connectivity index (χ0) is 30.7. The topological polar surface area (TPSA) is 97.4 Å². The SMILES string of the molecule is CC1(C)C[C@@H]1C(=O)N1CC2(CN(C(=O)c3cnn(Cc4ccccc4)c3)CC2c2nnc(CCC3CCC(F)(F)CC3)o2)C1. The highest BCUT2D eigenvalue weighted by atomic mass is 19.3. The van der Waals surface area contributed by atoms with Crippen molar-refractivity contribution < 1.29 is 22.8 Å². The fourth-order valence-electron chi connectivity index (χ4n) is 7.50. The molecule has 4 heterocycles. The Hall–Kier alpha value is -3.63. The largest absolute Gasteiger partial charge is 0.425 e. The van der Waals surface area contributed by atoms with Crippen molar-refractivity contribution in [1.82, 2.24) is 29.8 Å². The van der Waals surface area contributed by atoms with Crippen molar-refractivity contribution in [3.63, 3.8) is 0 Å². The van der Waals surface area contributed by atoms with Crippen LogP contribution in [0.5, 0.6) is 0 Å². The number of hydrogen-bond acceptors (Lipinski definition) is 6. The summed E-state index contributed by atoms with van der Waals surface area (Å²) in [6.45, 7) is 6.83. The van der Waals surface area contributed by atoms with Crippen LogP contribution < -0.4 is 0 Å². The van der Waals surface area contributed by atoms with Crippen LogP contribution in [0.1, 0.15) is 86.0 Å². The van der Waals surface area contributed by atoms with Crippen LogP contribution in [0.2, 0.25) is 0 Å². The number of amides is 2. The lowest BCUT2D eigenvalue weighted by Gasteiger charge is -2.50. The van der Waals surface area contributed by atoms with Gasteiger partial charge in [0.25, 0.3) is 5.91 Å². The summed E-state index contributed by atoms with van der Waals surface area (Å²) in [6, 6.07) is 9.97. The van der Waals surface area contributed by atoms with Crippen molar-refractivity contribution in [3.05, 3.63) is 65.6 Å². The van der Waals surface area contributed by atoms with E-state index in [0.717, 1.165) is 18.4 Å².